The van der Waals surface area contributed by atoms with Crippen LogP contribution in [-0.2, 0) is 13.2 Å². The Labute approximate surface area is 189 Å². The van der Waals surface area contributed by atoms with E-state index in [1.807, 2.05) is 48.5 Å². The molecule has 2 aromatic carbocycles. The molecule has 0 bridgehead atoms. The molecule has 9 heteroatoms. The zero-order valence-corrected chi connectivity index (χ0v) is 18.3. The van der Waals surface area contributed by atoms with Crippen LogP contribution in [0.15, 0.2) is 67.0 Å². The number of nitrogens with zero attached hydrogens (tertiary/aromatic N) is 3. The minimum absolute atomic E-state index is 0.382. The normalized spacial score (nSPS) is 10.6. The third-order valence-electron chi connectivity index (χ3n) is 4.58. The van der Waals surface area contributed by atoms with Gasteiger partial charge in [0.25, 0.3) is 0 Å². The highest BCUT2D eigenvalue weighted by Crippen LogP contribution is 2.35. The summed E-state index contributed by atoms with van der Waals surface area (Å²) >= 11 is 11.7. The summed E-state index contributed by atoms with van der Waals surface area (Å²) in [5, 5.41) is 7.69. The van der Waals surface area contributed by atoms with Gasteiger partial charge in [-0.15, -0.1) is 0 Å². The van der Waals surface area contributed by atoms with Crippen LogP contribution in [0.5, 0.6) is 11.5 Å². The van der Waals surface area contributed by atoms with Gasteiger partial charge in [0.15, 0.2) is 17.3 Å². The van der Waals surface area contributed by atoms with Gasteiger partial charge in [0.1, 0.15) is 6.61 Å². The molecular weight excluding hydrogens is 434 g/mol. The highest BCUT2D eigenvalue weighted by atomic mass is 35.5. The van der Waals surface area contributed by atoms with E-state index in [1.54, 1.807) is 30.2 Å². The number of aromatic nitrogens is 4. The highest BCUT2D eigenvalue weighted by Gasteiger charge is 2.15. The Morgan fingerprint density at radius 3 is 2.65 bits per heavy atom. The van der Waals surface area contributed by atoms with Crippen LogP contribution in [0.4, 0.5) is 0 Å². The summed E-state index contributed by atoms with van der Waals surface area (Å²) in [5.41, 5.74) is 6.05. The molecule has 0 amide bonds. The fourth-order valence-electron chi connectivity index (χ4n) is 3.10. The number of H-pyrrole nitrogens is 1. The minimum atomic E-state index is 0.382. The Morgan fingerprint density at radius 2 is 1.90 bits per heavy atom. The summed E-state index contributed by atoms with van der Waals surface area (Å²) in [7, 11) is 1.59. The maximum Gasteiger partial charge on any atom is 0.214 e. The molecule has 4 aromatic rings. The maximum atomic E-state index is 6.32. The number of ether oxygens (including phenoxy) is 2. The Bertz CT molecular complexity index is 1210. The monoisotopic (exact) mass is 453 g/mol. The molecule has 0 saturated carbocycles. The lowest BCUT2D eigenvalue weighted by atomic mass is 10.1. The summed E-state index contributed by atoms with van der Waals surface area (Å²) in [6.07, 6.45) is 3.41. The number of halogens is 1. The van der Waals surface area contributed by atoms with Gasteiger partial charge in [-0.2, -0.15) is 5.10 Å². The predicted molar refractivity (Wildman–Crippen MR) is 122 cm³/mol. The van der Waals surface area contributed by atoms with Crippen molar-refractivity contribution in [1.82, 2.24) is 19.9 Å². The number of nitrogens with one attached hydrogen (secondary N) is 2. The van der Waals surface area contributed by atoms with Gasteiger partial charge >= 0.3 is 0 Å². The molecule has 4 rings (SSSR count). The lowest BCUT2D eigenvalue weighted by Crippen LogP contribution is -2.17. The van der Waals surface area contributed by atoms with Crippen molar-refractivity contribution in [3.05, 3.63) is 87.9 Å². The first-order valence-corrected chi connectivity index (χ1v) is 10.3. The van der Waals surface area contributed by atoms with Gasteiger partial charge in [-0.3, -0.25) is 4.98 Å². The van der Waals surface area contributed by atoms with Crippen LogP contribution in [0.2, 0.25) is 5.02 Å². The number of rotatable bonds is 8. The van der Waals surface area contributed by atoms with E-state index in [-0.39, 0.29) is 0 Å². The molecule has 158 valence electrons. The van der Waals surface area contributed by atoms with E-state index in [0.29, 0.717) is 40.3 Å². The lowest BCUT2D eigenvalue weighted by Gasteiger charge is -2.17. The smallest absolute Gasteiger partial charge is 0.214 e. The van der Waals surface area contributed by atoms with Crippen LogP contribution in [0, 0.1) is 4.77 Å². The van der Waals surface area contributed by atoms with Crippen molar-refractivity contribution in [2.45, 2.75) is 13.2 Å². The van der Waals surface area contributed by atoms with Gasteiger partial charge in [0.2, 0.25) is 4.77 Å². The summed E-state index contributed by atoms with van der Waals surface area (Å²) in [6, 6.07) is 17.2. The van der Waals surface area contributed by atoms with Crippen LogP contribution in [-0.4, -0.2) is 27.0 Å². The summed E-state index contributed by atoms with van der Waals surface area (Å²) in [4.78, 5) is 4.05. The molecule has 0 aliphatic heterocycles. The molecular formula is C22H20ClN5O2S. The van der Waals surface area contributed by atoms with E-state index in [1.165, 1.54) is 0 Å². The number of aromatic amines is 1. The molecule has 2 heterocycles. The van der Waals surface area contributed by atoms with Gasteiger partial charge in [-0.1, -0.05) is 41.9 Å². The van der Waals surface area contributed by atoms with E-state index in [0.717, 1.165) is 16.7 Å². The standard InChI is InChI=1S/C22H20ClN5O2S/c1-29-19-12-18(23)11-17(20(19)30-14-15-5-3-2-4-6-15)13-25-28-21(26-27-22(28)31)16-7-9-24-10-8-16/h2-12,25H,13-14H2,1H3,(H,27,31). The third-order valence-corrected chi connectivity index (χ3v) is 5.07. The summed E-state index contributed by atoms with van der Waals surface area (Å²) in [6.45, 7) is 0.784. The number of pyridine rings is 1. The van der Waals surface area contributed by atoms with Crippen molar-refractivity contribution < 1.29 is 9.47 Å². The molecule has 0 radical (unpaired) electrons. The topological polar surface area (TPSA) is 77.0 Å². The zero-order valence-electron chi connectivity index (χ0n) is 16.7. The number of hydrogen-bond acceptors (Lipinski definition) is 6. The summed E-state index contributed by atoms with van der Waals surface area (Å²) < 4.78 is 13.8. The van der Waals surface area contributed by atoms with Gasteiger partial charge in [-0.05, 0) is 36.0 Å². The molecule has 31 heavy (non-hydrogen) atoms. The van der Waals surface area contributed by atoms with Gasteiger partial charge < -0.3 is 14.9 Å². The van der Waals surface area contributed by atoms with Gasteiger partial charge in [-0.25, -0.2) is 9.77 Å². The van der Waals surface area contributed by atoms with Crippen LogP contribution in [0.1, 0.15) is 11.1 Å². The molecule has 2 aromatic heterocycles. The second-order valence-electron chi connectivity index (χ2n) is 6.63. The van der Waals surface area contributed by atoms with Crippen LogP contribution >= 0.6 is 23.8 Å². The number of methoxy groups -OCH3 is 1. The Morgan fingerprint density at radius 1 is 1.13 bits per heavy atom. The average molecular weight is 454 g/mol. The number of benzene rings is 2. The van der Waals surface area contributed by atoms with Crippen LogP contribution in [0.25, 0.3) is 11.4 Å². The van der Waals surface area contributed by atoms with Gasteiger partial charge in [0, 0.05) is 34.6 Å². The fourth-order valence-corrected chi connectivity index (χ4v) is 3.53. The quantitative estimate of drug-likeness (QED) is 0.366. The van der Waals surface area contributed by atoms with E-state index < -0.39 is 0 Å². The summed E-state index contributed by atoms with van der Waals surface area (Å²) in [5.74, 6) is 1.82. The predicted octanol–water partition coefficient (Wildman–Crippen LogP) is 4.99. The molecule has 0 aliphatic rings. The van der Waals surface area contributed by atoms with Crippen LogP contribution in [0.3, 0.4) is 0 Å². The van der Waals surface area contributed by atoms with Crippen molar-refractivity contribution in [2.24, 2.45) is 0 Å². The minimum Gasteiger partial charge on any atom is -0.493 e. The molecule has 0 aliphatic carbocycles. The van der Waals surface area contributed by atoms with Crippen molar-refractivity contribution in [1.29, 1.82) is 0 Å². The van der Waals surface area contributed by atoms with Crippen molar-refractivity contribution in [3.8, 4) is 22.9 Å². The van der Waals surface area contributed by atoms with E-state index >= 15 is 0 Å². The molecule has 2 N–H and O–H groups in total. The second-order valence-corrected chi connectivity index (χ2v) is 7.45. The first-order valence-electron chi connectivity index (χ1n) is 9.50. The molecule has 0 atom stereocenters. The first-order chi connectivity index (χ1) is 15.2. The van der Waals surface area contributed by atoms with E-state index in [2.05, 4.69) is 20.6 Å². The fraction of sp³-hybridized carbons (Fsp3) is 0.136. The van der Waals surface area contributed by atoms with E-state index in [9.17, 15) is 0 Å². The van der Waals surface area contributed by atoms with Crippen molar-refractivity contribution >= 4 is 23.8 Å². The lowest BCUT2D eigenvalue weighted by molar-refractivity contribution is 0.281. The Balaban J connectivity index is 1.61. The third kappa shape index (κ3) is 4.87. The highest BCUT2D eigenvalue weighted by molar-refractivity contribution is 7.71. The second kappa shape index (κ2) is 9.63. The van der Waals surface area contributed by atoms with Gasteiger partial charge in [0.05, 0.1) is 13.7 Å². The maximum absolute atomic E-state index is 6.32. The Kier molecular flexibility index (Phi) is 6.49. The van der Waals surface area contributed by atoms with Crippen molar-refractivity contribution in [2.75, 3.05) is 12.5 Å². The van der Waals surface area contributed by atoms with Crippen LogP contribution < -0.4 is 14.9 Å². The SMILES string of the molecule is COc1cc(Cl)cc(CNn2c(-c3ccncc3)n[nH]c2=S)c1OCc1ccccc1. The Hall–Kier alpha value is -3.36. The van der Waals surface area contributed by atoms with Crippen molar-refractivity contribution in [3.63, 3.8) is 0 Å². The number of hydrogen-bond donors (Lipinski definition) is 2. The molecule has 0 saturated heterocycles. The molecule has 0 spiro atoms. The molecule has 0 unspecified atom stereocenters. The van der Waals surface area contributed by atoms with E-state index in [4.69, 9.17) is 33.3 Å². The first kappa shape index (κ1) is 20.9. The zero-order chi connectivity index (χ0) is 21.6. The molecule has 0 fully saturated rings. The average Bonchev–Trinajstić information content (AvgIpc) is 3.18. The largest absolute Gasteiger partial charge is 0.493 e. The molecule has 7 nitrogen and oxygen atoms in total.